The van der Waals surface area contributed by atoms with Crippen molar-refractivity contribution in [2.75, 3.05) is 32.9 Å². The van der Waals surface area contributed by atoms with Gasteiger partial charge in [-0.2, -0.15) is 9.69 Å². The van der Waals surface area contributed by atoms with E-state index in [1.54, 1.807) is 30.9 Å². The number of carbonyl (C=O) groups is 3. The SMILES string of the molecule is Cc1cnc2n(c1=O)C(CC(=O)NC1CCN(C3C=[N+](C)C(=O)N(C)C3=O)CC1)CS2. The Hall–Kier alpha value is -2.53. The first kappa shape index (κ1) is 21.7. The number of nitrogens with one attached hydrogen (secondary N) is 1. The predicted molar refractivity (Wildman–Crippen MR) is 115 cm³/mol. The van der Waals surface area contributed by atoms with E-state index in [0.29, 0.717) is 29.6 Å². The number of imide groups is 1. The number of nitrogens with zero attached hydrogens (tertiary/aromatic N) is 5. The molecule has 0 spiro atoms. The molecule has 4 amide bonds. The van der Waals surface area contributed by atoms with Crippen LogP contribution in [-0.2, 0) is 9.59 Å². The van der Waals surface area contributed by atoms with Crippen molar-refractivity contribution in [1.82, 2.24) is 24.7 Å². The van der Waals surface area contributed by atoms with Crippen molar-refractivity contribution in [3.05, 3.63) is 22.1 Å². The second kappa shape index (κ2) is 8.54. The third-order valence-corrected chi connectivity index (χ3v) is 7.26. The van der Waals surface area contributed by atoms with Crippen LogP contribution in [0.2, 0.25) is 0 Å². The number of likely N-dealkylation sites (tertiary alicyclic amines) is 1. The van der Waals surface area contributed by atoms with Crippen LogP contribution < -0.4 is 10.9 Å². The van der Waals surface area contributed by atoms with Crippen LogP contribution in [0.15, 0.2) is 16.1 Å². The van der Waals surface area contributed by atoms with Gasteiger partial charge in [0.25, 0.3) is 5.56 Å². The Kier molecular flexibility index (Phi) is 5.98. The van der Waals surface area contributed by atoms with Gasteiger partial charge in [-0.25, -0.2) is 14.4 Å². The van der Waals surface area contributed by atoms with Crippen molar-refractivity contribution >= 4 is 35.8 Å². The third-order valence-electron chi connectivity index (χ3n) is 6.15. The zero-order valence-electron chi connectivity index (χ0n) is 17.9. The number of urea groups is 1. The molecule has 0 aromatic carbocycles. The van der Waals surface area contributed by atoms with Gasteiger partial charge in [0, 0.05) is 43.1 Å². The highest BCUT2D eigenvalue weighted by Crippen LogP contribution is 2.31. The number of rotatable bonds is 4. The van der Waals surface area contributed by atoms with E-state index in [0.717, 1.165) is 17.7 Å². The quantitative estimate of drug-likeness (QED) is 0.505. The number of hydrogen-bond donors (Lipinski definition) is 1. The van der Waals surface area contributed by atoms with Gasteiger partial charge < -0.3 is 5.32 Å². The molecule has 1 N–H and O–H groups in total. The minimum absolute atomic E-state index is 0.0282. The van der Waals surface area contributed by atoms with E-state index in [-0.39, 0.29) is 41.9 Å². The van der Waals surface area contributed by atoms with Crippen LogP contribution in [0.1, 0.15) is 30.9 Å². The zero-order valence-corrected chi connectivity index (χ0v) is 18.7. The first-order valence-electron chi connectivity index (χ1n) is 10.4. The van der Waals surface area contributed by atoms with Gasteiger partial charge in [-0.1, -0.05) is 11.8 Å². The summed E-state index contributed by atoms with van der Waals surface area (Å²) in [7, 11) is 3.14. The highest BCUT2D eigenvalue weighted by Gasteiger charge is 2.42. The maximum absolute atomic E-state index is 12.6. The summed E-state index contributed by atoms with van der Waals surface area (Å²) in [6.45, 7) is 3.03. The molecule has 4 heterocycles. The maximum Gasteiger partial charge on any atom is 0.500 e. The second-order valence-corrected chi connectivity index (χ2v) is 9.32. The zero-order chi connectivity index (χ0) is 22.3. The summed E-state index contributed by atoms with van der Waals surface area (Å²) in [6, 6.07) is -0.947. The van der Waals surface area contributed by atoms with Crippen molar-refractivity contribution in [2.24, 2.45) is 0 Å². The van der Waals surface area contributed by atoms with Gasteiger partial charge in [0.15, 0.2) is 11.2 Å². The summed E-state index contributed by atoms with van der Waals surface area (Å²) in [5.41, 5.74) is 0.499. The van der Waals surface area contributed by atoms with Gasteiger partial charge in [0.1, 0.15) is 6.21 Å². The molecule has 1 fully saturated rings. The van der Waals surface area contributed by atoms with E-state index >= 15 is 0 Å². The number of thioether (sulfide) groups is 1. The van der Waals surface area contributed by atoms with E-state index in [1.165, 1.54) is 23.4 Å². The molecule has 2 atom stereocenters. The molecule has 1 aromatic rings. The van der Waals surface area contributed by atoms with Gasteiger partial charge in [-0.15, -0.1) is 0 Å². The molecule has 3 aliphatic rings. The number of likely N-dealkylation sites (N-methyl/N-ethyl adjacent to an activating group) is 1. The molecule has 166 valence electrons. The summed E-state index contributed by atoms with van der Waals surface area (Å²) in [4.78, 5) is 57.0. The minimum Gasteiger partial charge on any atom is -0.353 e. The average molecular weight is 448 g/mol. The van der Waals surface area contributed by atoms with E-state index in [2.05, 4.69) is 10.3 Å². The normalized spacial score (nSPS) is 24.9. The van der Waals surface area contributed by atoms with E-state index in [4.69, 9.17) is 0 Å². The minimum atomic E-state index is -0.459. The Morgan fingerprint density at radius 3 is 2.71 bits per heavy atom. The molecule has 3 aliphatic heterocycles. The molecule has 10 nitrogen and oxygen atoms in total. The Morgan fingerprint density at radius 2 is 2.00 bits per heavy atom. The van der Waals surface area contributed by atoms with Crippen molar-refractivity contribution in [3.63, 3.8) is 0 Å². The van der Waals surface area contributed by atoms with Crippen molar-refractivity contribution in [3.8, 4) is 0 Å². The molecule has 0 saturated carbocycles. The summed E-state index contributed by atoms with van der Waals surface area (Å²) in [5.74, 6) is 0.365. The number of aryl methyl sites for hydroxylation is 1. The number of fused-ring (bicyclic) bond motifs is 1. The summed E-state index contributed by atoms with van der Waals surface area (Å²) >= 11 is 1.50. The van der Waals surface area contributed by atoms with Crippen LogP contribution in [0, 0.1) is 6.92 Å². The smallest absolute Gasteiger partial charge is 0.353 e. The Balaban J connectivity index is 1.32. The molecular formula is C20H27N6O4S+. The molecular weight excluding hydrogens is 420 g/mol. The summed E-state index contributed by atoms with van der Waals surface area (Å²) < 4.78 is 3.08. The summed E-state index contributed by atoms with van der Waals surface area (Å²) in [6.07, 6.45) is 4.93. The Labute approximate surface area is 184 Å². The average Bonchev–Trinajstić information content (AvgIpc) is 3.15. The van der Waals surface area contributed by atoms with Crippen LogP contribution in [0.25, 0.3) is 0 Å². The summed E-state index contributed by atoms with van der Waals surface area (Å²) in [5, 5.41) is 3.76. The lowest BCUT2D eigenvalue weighted by molar-refractivity contribution is -0.401. The lowest BCUT2D eigenvalue weighted by Crippen LogP contribution is -2.59. The second-order valence-electron chi connectivity index (χ2n) is 8.33. The molecule has 11 heteroatoms. The molecule has 0 bridgehead atoms. The highest BCUT2D eigenvalue weighted by molar-refractivity contribution is 7.99. The van der Waals surface area contributed by atoms with Gasteiger partial charge in [-0.05, 0) is 19.8 Å². The van der Waals surface area contributed by atoms with Crippen LogP contribution in [-0.4, -0.2) is 93.0 Å². The first-order chi connectivity index (χ1) is 14.8. The van der Waals surface area contributed by atoms with Gasteiger partial charge >= 0.3 is 11.9 Å². The highest BCUT2D eigenvalue weighted by atomic mass is 32.2. The Bertz CT molecular complexity index is 1010. The number of amides is 4. The number of piperidine rings is 1. The Morgan fingerprint density at radius 1 is 1.29 bits per heavy atom. The van der Waals surface area contributed by atoms with Crippen molar-refractivity contribution < 1.29 is 19.0 Å². The van der Waals surface area contributed by atoms with Gasteiger partial charge in [0.05, 0.1) is 20.1 Å². The number of carbonyl (C=O) groups excluding carboxylic acids is 3. The largest absolute Gasteiger partial charge is 0.500 e. The van der Waals surface area contributed by atoms with Crippen LogP contribution in [0.4, 0.5) is 4.79 Å². The van der Waals surface area contributed by atoms with Crippen molar-refractivity contribution in [2.45, 2.75) is 49.5 Å². The van der Waals surface area contributed by atoms with Crippen molar-refractivity contribution in [1.29, 1.82) is 0 Å². The molecule has 1 aromatic heterocycles. The lowest BCUT2D eigenvalue weighted by atomic mass is 10.0. The molecule has 4 rings (SSSR count). The van der Waals surface area contributed by atoms with E-state index in [9.17, 15) is 19.2 Å². The van der Waals surface area contributed by atoms with Gasteiger partial charge in [-0.3, -0.25) is 19.1 Å². The topological polar surface area (TPSA) is 108 Å². The number of aromatic nitrogens is 2. The molecule has 0 aliphatic carbocycles. The fourth-order valence-corrected chi connectivity index (χ4v) is 5.42. The first-order valence-corrected chi connectivity index (χ1v) is 11.4. The van der Waals surface area contributed by atoms with Gasteiger partial charge in [0.2, 0.25) is 5.91 Å². The van der Waals surface area contributed by atoms with E-state index < -0.39 is 6.04 Å². The molecule has 1 saturated heterocycles. The monoisotopic (exact) mass is 447 g/mol. The fraction of sp³-hybridized carbons (Fsp3) is 0.600. The van der Waals surface area contributed by atoms with E-state index in [1.807, 2.05) is 4.90 Å². The third kappa shape index (κ3) is 4.16. The lowest BCUT2D eigenvalue weighted by Gasteiger charge is -2.36. The van der Waals surface area contributed by atoms with Crippen LogP contribution in [0.3, 0.4) is 0 Å². The predicted octanol–water partition coefficient (Wildman–Crippen LogP) is -0.157. The number of hydrogen-bond acceptors (Lipinski definition) is 7. The fourth-order valence-electron chi connectivity index (χ4n) is 4.31. The maximum atomic E-state index is 12.6. The van der Waals surface area contributed by atoms with Crippen LogP contribution >= 0.6 is 11.8 Å². The van der Waals surface area contributed by atoms with Crippen LogP contribution in [0.5, 0.6) is 0 Å². The molecule has 2 unspecified atom stereocenters. The standard InChI is InChI=1S/C20H26N6O4S/c1-12-9-21-19-26(17(12)28)14(11-31-19)8-16(27)22-13-4-6-25(7-5-13)15-10-23(2)20(30)24(3)18(15)29/h9-10,13-15H,4-8,11H2,1-3H3/p+1. The molecule has 31 heavy (non-hydrogen) atoms. The molecule has 0 radical (unpaired) electrons.